The zero-order chi connectivity index (χ0) is 15.0. The van der Waals surface area contributed by atoms with Crippen molar-refractivity contribution in [1.29, 1.82) is 5.26 Å². The second-order valence-electron chi connectivity index (χ2n) is 5.38. The van der Waals surface area contributed by atoms with E-state index in [1.807, 2.05) is 30.3 Å². The number of hydrogen-bond acceptors (Lipinski definition) is 3. The second-order valence-corrected chi connectivity index (χ2v) is 5.38. The number of nitriles is 1. The summed E-state index contributed by atoms with van der Waals surface area (Å²) < 4.78 is 0. The number of nitrogens with two attached hydrogens (primary N) is 1. The molecule has 0 aliphatic carbocycles. The van der Waals surface area contributed by atoms with E-state index in [0.717, 1.165) is 5.56 Å². The standard InChI is InChI=1S/C16H23N3O/c1-13(2)12-19(10-6-9-17)16(20)15(18)11-14-7-4-3-5-8-14/h3-5,7-8,13,15H,6,10-12,18H2,1-2H3. The van der Waals surface area contributed by atoms with E-state index in [0.29, 0.717) is 31.8 Å². The lowest BCUT2D eigenvalue weighted by Crippen LogP contribution is -2.46. The van der Waals surface area contributed by atoms with E-state index < -0.39 is 6.04 Å². The van der Waals surface area contributed by atoms with Crippen LogP contribution in [0.5, 0.6) is 0 Å². The summed E-state index contributed by atoms with van der Waals surface area (Å²) in [5.74, 6) is 0.291. The molecule has 1 aromatic carbocycles. The Labute approximate surface area is 121 Å². The Hall–Kier alpha value is -1.86. The molecule has 0 fully saturated rings. The van der Waals surface area contributed by atoms with Crippen LogP contribution in [-0.2, 0) is 11.2 Å². The summed E-state index contributed by atoms with van der Waals surface area (Å²) in [6.45, 7) is 5.20. The van der Waals surface area contributed by atoms with Gasteiger partial charge >= 0.3 is 0 Å². The molecule has 1 atom stereocenters. The van der Waals surface area contributed by atoms with Gasteiger partial charge in [0.25, 0.3) is 0 Å². The number of nitrogens with zero attached hydrogens (tertiary/aromatic N) is 2. The Morgan fingerprint density at radius 2 is 2.00 bits per heavy atom. The number of benzene rings is 1. The monoisotopic (exact) mass is 273 g/mol. The van der Waals surface area contributed by atoms with Crippen molar-refractivity contribution in [3.05, 3.63) is 35.9 Å². The minimum Gasteiger partial charge on any atom is -0.340 e. The van der Waals surface area contributed by atoms with E-state index in [2.05, 4.69) is 19.9 Å². The van der Waals surface area contributed by atoms with Gasteiger partial charge in [-0.2, -0.15) is 5.26 Å². The van der Waals surface area contributed by atoms with Crippen LogP contribution in [0.15, 0.2) is 30.3 Å². The maximum atomic E-state index is 12.4. The van der Waals surface area contributed by atoms with Gasteiger partial charge in [-0.25, -0.2) is 0 Å². The molecule has 0 bridgehead atoms. The zero-order valence-electron chi connectivity index (χ0n) is 12.2. The van der Waals surface area contributed by atoms with Crippen LogP contribution in [0.25, 0.3) is 0 Å². The highest BCUT2D eigenvalue weighted by Gasteiger charge is 2.21. The molecule has 0 saturated carbocycles. The van der Waals surface area contributed by atoms with Crippen LogP contribution in [0.1, 0.15) is 25.8 Å². The van der Waals surface area contributed by atoms with Crippen molar-refractivity contribution in [2.24, 2.45) is 11.7 Å². The number of rotatable bonds is 7. The van der Waals surface area contributed by atoms with Crippen LogP contribution < -0.4 is 5.73 Å². The third-order valence-corrected chi connectivity index (χ3v) is 3.01. The van der Waals surface area contributed by atoms with Crippen molar-refractivity contribution in [1.82, 2.24) is 4.90 Å². The van der Waals surface area contributed by atoms with E-state index in [9.17, 15) is 4.79 Å². The summed E-state index contributed by atoms with van der Waals surface area (Å²) >= 11 is 0. The fourth-order valence-corrected chi connectivity index (χ4v) is 2.11. The summed E-state index contributed by atoms with van der Waals surface area (Å²) in [5, 5.41) is 8.69. The molecule has 0 aliphatic heterocycles. The van der Waals surface area contributed by atoms with E-state index >= 15 is 0 Å². The van der Waals surface area contributed by atoms with Crippen LogP contribution in [0, 0.1) is 17.2 Å². The van der Waals surface area contributed by atoms with E-state index in [1.165, 1.54) is 0 Å². The topological polar surface area (TPSA) is 70.1 Å². The van der Waals surface area contributed by atoms with Crippen molar-refractivity contribution < 1.29 is 4.79 Å². The molecule has 0 heterocycles. The first-order chi connectivity index (χ1) is 9.54. The molecule has 1 amide bonds. The van der Waals surface area contributed by atoms with Gasteiger partial charge in [-0.3, -0.25) is 4.79 Å². The van der Waals surface area contributed by atoms with E-state index in [4.69, 9.17) is 11.0 Å². The Morgan fingerprint density at radius 1 is 1.35 bits per heavy atom. The summed E-state index contributed by atoms with van der Waals surface area (Å²) in [7, 11) is 0. The molecule has 4 heteroatoms. The van der Waals surface area contributed by atoms with Gasteiger partial charge in [0.05, 0.1) is 18.5 Å². The molecule has 0 spiro atoms. The molecule has 20 heavy (non-hydrogen) atoms. The SMILES string of the molecule is CC(C)CN(CCC#N)C(=O)C(N)Cc1ccccc1. The number of amides is 1. The van der Waals surface area contributed by atoms with Gasteiger partial charge in [-0.05, 0) is 17.9 Å². The molecule has 0 saturated heterocycles. The molecule has 1 unspecified atom stereocenters. The highest BCUT2D eigenvalue weighted by molar-refractivity contribution is 5.82. The minimum atomic E-state index is -0.546. The first-order valence-electron chi connectivity index (χ1n) is 6.99. The summed E-state index contributed by atoms with van der Waals surface area (Å²) in [5.41, 5.74) is 7.08. The van der Waals surface area contributed by atoms with Crippen LogP contribution >= 0.6 is 0 Å². The molecule has 108 valence electrons. The summed E-state index contributed by atoms with van der Waals surface area (Å²) in [6.07, 6.45) is 0.872. The maximum absolute atomic E-state index is 12.4. The fourth-order valence-electron chi connectivity index (χ4n) is 2.11. The van der Waals surface area contributed by atoms with Gasteiger partial charge in [0.2, 0.25) is 5.91 Å². The molecule has 0 radical (unpaired) electrons. The van der Waals surface area contributed by atoms with Crippen LogP contribution in [-0.4, -0.2) is 29.9 Å². The van der Waals surface area contributed by atoms with Crippen molar-refractivity contribution in [2.45, 2.75) is 32.7 Å². The first kappa shape index (κ1) is 16.2. The third kappa shape index (κ3) is 5.41. The first-order valence-corrected chi connectivity index (χ1v) is 6.99. The lowest BCUT2D eigenvalue weighted by molar-refractivity contribution is -0.133. The van der Waals surface area contributed by atoms with Crippen molar-refractivity contribution >= 4 is 5.91 Å². The quantitative estimate of drug-likeness (QED) is 0.825. The molecule has 2 N–H and O–H groups in total. The zero-order valence-corrected chi connectivity index (χ0v) is 12.2. The van der Waals surface area contributed by atoms with Crippen molar-refractivity contribution in [3.8, 4) is 6.07 Å². The van der Waals surface area contributed by atoms with Crippen molar-refractivity contribution in [2.75, 3.05) is 13.1 Å². The molecule has 1 aromatic rings. The molecule has 4 nitrogen and oxygen atoms in total. The van der Waals surface area contributed by atoms with Crippen molar-refractivity contribution in [3.63, 3.8) is 0 Å². The fraction of sp³-hybridized carbons (Fsp3) is 0.500. The molecule has 0 aliphatic rings. The van der Waals surface area contributed by atoms with E-state index in [1.54, 1.807) is 4.90 Å². The average Bonchev–Trinajstić information content (AvgIpc) is 2.43. The van der Waals surface area contributed by atoms with Crippen LogP contribution in [0.3, 0.4) is 0 Å². The second kappa shape index (κ2) is 8.34. The predicted octanol–water partition coefficient (Wildman–Crippen LogP) is 1.95. The minimum absolute atomic E-state index is 0.0715. The van der Waals surface area contributed by atoms with Gasteiger partial charge in [0.15, 0.2) is 0 Å². The molecular weight excluding hydrogens is 250 g/mol. The smallest absolute Gasteiger partial charge is 0.239 e. The van der Waals surface area contributed by atoms with Gasteiger partial charge in [-0.1, -0.05) is 44.2 Å². The maximum Gasteiger partial charge on any atom is 0.239 e. The summed E-state index contributed by atoms with van der Waals surface area (Å²) in [4.78, 5) is 14.1. The molecular formula is C16H23N3O. The van der Waals surface area contributed by atoms with Crippen LogP contribution in [0.2, 0.25) is 0 Å². The Morgan fingerprint density at radius 3 is 2.55 bits per heavy atom. The Bertz CT molecular complexity index is 451. The lowest BCUT2D eigenvalue weighted by atomic mass is 10.0. The lowest BCUT2D eigenvalue weighted by Gasteiger charge is -2.26. The summed E-state index contributed by atoms with van der Waals surface area (Å²) in [6, 6.07) is 11.3. The van der Waals surface area contributed by atoms with E-state index in [-0.39, 0.29) is 5.91 Å². The third-order valence-electron chi connectivity index (χ3n) is 3.01. The van der Waals surface area contributed by atoms with Crippen LogP contribution in [0.4, 0.5) is 0 Å². The van der Waals surface area contributed by atoms with Gasteiger partial charge in [0, 0.05) is 13.1 Å². The Balaban J connectivity index is 2.65. The highest BCUT2D eigenvalue weighted by Crippen LogP contribution is 2.07. The average molecular weight is 273 g/mol. The molecule has 1 rings (SSSR count). The number of carbonyl (C=O) groups excluding carboxylic acids is 1. The van der Waals surface area contributed by atoms with Gasteiger partial charge < -0.3 is 10.6 Å². The number of hydrogen-bond donors (Lipinski definition) is 1. The number of carbonyl (C=O) groups is 1. The predicted molar refractivity (Wildman–Crippen MR) is 79.8 cm³/mol. The Kier molecular flexibility index (Phi) is 6.75. The normalized spacial score (nSPS) is 11.9. The van der Waals surface area contributed by atoms with Gasteiger partial charge in [0.1, 0.15) is 0 Å². The largest absolute Gasteiger partial charge is 0.340 e. The molecule has 0 aromatic heterocycles. The highest BCUT2D eigenvalue weighted by atomic mass is 16.2. The van der Waals surface area contributed by atoms with Gasteiger partial charge in [-0.15, -0.1) is 0 Å².